The summed E-state index contributed by atoms with van der Waals surface area (Å²) in [6.07, 6.45) is 0. The fourth-order valence-electron chi connectivity index (χ4n) is 1.90. The van der Waals surface area contributed by atoms with E-state index in [4.69, 9.17) is 4.74 Å². The van der Waals surface area contributed by atoms with Gasteiger partial charge in [-0.2, -0.15) is 0 Å². The van der Waals surface area contributed by atoms with E-state index < -0.39 is 0 Å². The minimum Gasteiger partial charge on any atom is -0.483 e. The van der Waals surface area contributed by atoms with Crippen LogP contribution in [-0.4, -0.2) is 44.1 Å². The van der Waals surface area contributed by atoms with E-state index in [9.17, 15) is 9.59 Å². The van der Waals surface area contributed by atoms with Crippen LogP contribution in [0.2, 0.25) is 0 Å². The molecule has 1 amide bonds. The maximum Gasteiger partial charge on any atom is 0.310 e. The van der Waals surface area contributed by atoms with Crippen molar-refractivity contribution in [3.63, 3.8) is 0 Å². The van der Waals surface area contributed by atoms with Gasteiger partial charge in [0.15, 0.2) is 6.61 Å². The Morgan fingerprint density at radius 1 is 1.29 bits per heavy atom. The molecule has 1 aromatic rings. The summed E-state index contributed by atoms with van der Waals surface area (Å²) in [5.74, 6) is -0.154. The number of amides is 1. The Kier molecular flexibility index (Phi) is 6.21. The lowest BCUT2D eigenvalue weighted by atomic mass is 10.1. The molecular weight excluding hydrogens is 270 g/mol. The zero-order valence-electron chi connectivity index (χ0n) is 13.3. The molecule has 1 aromatic carbocycles. The van der Waals surface area contributed by atoms with Gasteiger partial charge in [0, 0.05) is 13.6 Å². The lowest BCUT2D eigenvalue weighted by Gasteiger charge is -2.20. The third-order valence-electron chi connectivity index (χ3n) is 3.27. The fourth-order valence-corrected chi connectivity index (χ4v) is 1.90. The molecule has 1 rings (SSSR count). The van der Waals surface area contributed by atoms with E-state index in [-0.39, 0.29) is 24.4 Å². The van der Waals surface area contributed by atoms with Crippen molar-refractivity contribution in [2.45, 2.75) is 20.8 Å². The Labute approximate surface area is 125 Å². The molecule has 0 bridgehead atoms. The lowest BCUT2D eigenvalue weighted by Crippen LogP contribution is -2.37. The van der Waals surface area contributed by atoms with E-state index in [0.717, 1.165) is 11.1 Å². The van der Waals surface area contributed by atoms with Crippen LogP contribution in [0.15, 0.2) is 18.2 Å². The predicted octanol–water partition coefficient (Wildman–Crippen LogP) is 1.95. The van der Waals surface area contributed by atoms with Gasteiger partial charge >= 0.3 is 5.97 Å². The average molecular weight is 293 g/mol. The summed E-state index contributed by atoms with van der Waals surface area (Å²) in [7, 11) is 2.98. The van der Waals surface area contributed by atoms with E-state index in [1.807, 2.05) is 32.0 Å². The highest BCUT2D eigenvalue weighted by atomic mass is 16.5. The topological polar surface area (TPSA) is 55.8 Å². The molecule has 5 nitrogen and oxygen atoms in total. The molecule has 0 aliphatic heterocycles. The smallest absolute Gasteiger partial charge is 0.310 e. The summed E-state index contributed by atoms with van der Waals surface area (Å²) in [4.78, 5) is 24.8. The van der Waals surface area contributed by atoms with Gasteiger partial charge in [0.1, 0.15) is 5.75 Å². The van der Waals surface area contributed by atoms with Crippen LogP contribution < -0.4 is 4.74 Å². The number of nitrogens with zero attached hydrogens (tertiary/aromatic N) is 1. The first kappa shape index (κ1) is 17.0. The van der Waals surface area contributed by atoms with Crippen LogP contribution in [0.5, 0.6) is 5.75 Å². The number of carbonyl (C=O) groups excluding carboxylic acids is 2. The predicted molar refractivity (Wildman–Crippen MR) is 80.2 cm³/mol. The standard InChI is InChI=1S/C16H23NO4/c1-11-6-7-12(2)14(8-11)21-10-15(18)17(4)9-13(3)16(19)20-5/h6-8,13H,9-10H2,1-5H3. The van der Waals surface area contributed by atoms with Crippen molar-refractivity contribution in [1.82, 2.24) is 4.90 Å². The number of hydrogen-bond acceptors (Lipinski definition) is 4. The van der Waals surface area contributed by atoms with Crippen LogP contribution >= 0.6 is 0 Å². The number of likely N-dealkylation sites (N-methyl/N-ethyl adjacent to an activating group) is 1. The number of carbonyl (C=O) groups is 2. The summed E-state index contributed by atoms with van der Waals surface area (Å²) < 4.78 is 10.2. The molecule has 0 spiro atoms. The highest BCUT2D eigenvalue weighted by Gasteiger charge is 2.19. The maximum atomic E-state index is 12.0. The van der Waals surface area contributed by atoms with Crippen LogP contribution in [0.3, 0.4) is 0 Å². The van der Waals surface area contributed by atoms with Crippen molar-refractivity contribution < 1.29 is 19.1 Å². The summed E-state index contributed by atoms with van der Waals surface area (Å²) in [5, 5.41) is 0. The average Bonchev–Trinajstić information content (AvgIpc) is 2.46. The number of ether oxygens (including phenoxy) is 2. The van der Waals surface area contributed by atoms with Gasteiger partial charge in [0.05, 0.1) is 13.0 Å². The molecule has 1 atom stereocenters. The molecule has 0 saturated carbocycles. The van der Waals surface area contributed by atoms with Crippen LogP contribution in [0.25, 0.3) is 0 Å². The van der Waals surface area contributed by atoms with Crippen molar-refractivity contribution in [3.8, 4) is 5.75 Å². The van der Waals surface area contributed by atoms with E-state index in [0.29, 0.717) is 12.3 Å². The quantitative estimate of drug-likeness (QED) is 0.752. The molecule has 0 saturated heterocycles. The van der Waals surface area contributed by atoms with Crippen molar-refractivity contribution in [2.75, 3.05) is 27.3 Å². The Hall–Kier alpha value is -2.04. The summed E-state index contributed by atoms with van der Waals surface area (Å²) in [5.41, 5.74) is 2.06. The number of methoxy groups -OCH3 is 1. The Bertz CT molecular complexity index is 513. The molecule has 0 heterocycles. The second kappa shape index (κ2) is 7.67. The van der Waals surface area contributed by atoms with Crippen molar-refractivity contribution in [1.29, 1.82) is 0 Å². The van der Waals surface area contributed by atoms with Gasteiger partial charge in [-0.05, 0) is 31.0 Å². The molecule has 116 valence electrons. The number of hydrogen-bond donors (Lipinski definition) is 0. The minimum atomic E-state index is -0.357. The lowest BCUT2D eigenvalue weighted by molar-refractivity contribution is -0.146. The number of esters is 1. The molecule has 0 aromatic heterocycles. The Morgan fingerprint density at radius 3 is 2.57 bits per heavy atom. The molecule has 0 N–H and O–H groups in total. The zero-order valence-corrected chi connectivity index (χ0v) is 13.3. The first-order valence-corrected chi connectivity index (χ1v) is 6.87. The van der Waals surface area contributed by atoms with E-state index >= 15 is 0 Å². The summed E-state index contributed by atoms with van der Waals surface area (Å²) in [6, 6.07) is 5.85. The first-order chi connectivity index (χ1) is 9.85. The summed E-state index contributed by atoms with van der Waals surface area (Å²) >= 11 is 0. The first-order valence-electron chi connectivity index (χ1n) is 6.87. The molecule has 0 aliphatic rings. The van der Waals surface area contributed by atoms with Crippen LogP contribution in [0, 0.1) is 19.8 Å². The van der Waals surface area contributed by atoms with Crippen molar-refractivity contribution in [2.24, 2.45) is 5.92 Å². The van der Waals surface area contributed by atoms with Crippen molar-refractivity contribution >= 4 is 11.9 Å². The normalized spacial score (nSPS) is 11.7. The molecule has 5 heteroatoms. The number of benzene rings is 1. The highest BCUT2D eigenvalue weighted by molar-refractivity contribution is 5.79. The Balaban J connectivity index is 2.53. The minimum absolute atomic E-state index is 0.0469. The molecule has 0 aliphatic carbocycles. The molecular formula is C16H23NO4. The van der Waals surface area contributed by atoms with Gasteiger partial charge < -0.3 is 14.4 Å². The molecule has 1 unspecified atom stereocenters. The molecule has 0 radical (unpaired) electrons. The fraction of sp³-hybridized carbons (Fsp3) is 0.500. The van der Waals surface area contributed by atoms with Gasteiger partial charge in [0.25, 0.3) is 5.91 Å². The molecule has 0 fully saturated rings. The van der Waals surface area contributed by atoms with E-state index in [1.165, 1.54) is 12.0 Å². The SMILES string of the molecule is COC(=O)C(C)CN(C)C(=O)COc1cc(C)ccc1C. The van der Waals surface area contributed by atoms with Gasteiger partial charge in [0.2, 0.25) is 0 Å². The van der Waals surface area contributed by atoms with Crippen molar-refractivity contribution in [3.05, 3.63) is 29.3 Å². The number of rotatable bonds is 6. The van der Waals surface area contributed by atoms with Crippen LogP contribution in [-0.2, 0) is 14.3 Å². The third kappa shape index (κ3) is 5.10. The monoisotopic (exact) mass is 293 g/mol. The van der Waals surface area contributed by atoms with Gasteiger partial charge in [-0.3, -0.25) is 9.59 Å². The zero-order chi connectivity index (χ0) is 16.0. The van der Waals surface area contributed by atoms with E-state index in [1.54, 1.807) is 14.0 Å². The largest absolute Gasteiger partial charge is 0.483 e. The summed E-state index contributed by atoms with van der Waals surface area (Å²) in [6.45, 7) is 5.89. The Morgan fingerprint density at radius 2 is 1.95 bits per heavy atom. The second-order valence-electron chi connectivity index (χ2n) is 5.26. The maximum absolute atomic E-state index is 12.0. The van der Waals surface area contributed by atoms with Gasteiger partial charge in [-0.25, -0.2) is 0 Å². The number of aryl methyl sites for hydroxylation is 2. The van der Waals surface area contributed by atoms with Gasteiger partial charge in [-0.15, -0.1) is 0 Å². The van der Waals surface area contributed by atoms with Crippen LogP contribution in [0.4, 0.5) is 0 Å². The van der Waals surface area contributed by atoms with E-state index in [2.05, 4.69) is 4.74 Å². The second-order valence-corrected chi connectivity index (χ2v) is 5.26. The molecule has 21 heavy (non-hydrogen) atoms. The third-order valence-corrected chi connectivity index (χ3v) is 3.27. The highest BCUT2D eigenvalue weighted by Crippen LogP contribution is 2.19. The van der Waals surface area contributed by atoms with Gasteiger partial charge in [-0.1, -0.05) is 19.1 Å². The van der Waals surface area contributed by atoms with Crippen LogP contribution in [0.1, 0.15) is 18.1 Å².